The number of hydrogen-bond donors (Lipinski definition) is 1. The minimum atomic E-state index is -0.489. The minimum Gasteiger partial charge on any atom is -0.495 e. The van der Waals surface area contributed by atoms with E-state index >= 15 is 0 Å². The number of nitrogens with one attached hydrogen (secondary N) is 1. The highest BCUT2D eigenvalue weighted by Gasteiger charge is 2.22. The normalized spacial score (nSPS) is 11.6. The maximum atomic E-state index is 14.0. The maximum Gasteiger partial charge on any atom is 0.237 e. The molecule has 1 aromatic heterocycles. The van der Waals surface area contributed by atoms with E-state index in [-0.39, 0.29) is 18.3 Å². The summed E-state index contributed by atoms with van der Waals surface area (Å²) in [7, 11) is 1.55. The lowest BCUT2D eigenvalue weighted by Gasteiger charge is -2.15. The Balaban J connectivity index is 1.55. The summed E-state index contributed by atoms with van der Waals surface area (Å²) in [5.74, 6) is 0.525. The van der Waals surface area contributed by atoms with Crippen molar-refractivity contribution in [2.45, 2.75) is 23.9 Å². The lowest BCUT2D eigenvalue weighted by atomic mass is 10.3. The van der Waals surface area contributed by atoms with Crippen LogP contribution in [0.3, 0.4) is 0 Å². The molecule has 174 valence electrons. The molecular formula is C25H23FN4O3S. The van der Waals surface area contributed by atoms with E-state index in [1.165, 1.54) is 17.8 Å². The Morgan fingerprint density at radius 3 is 2.41 bits per heavy atom. The number of amides is 1. The number of rotatable bonds is 9. The highest BCUT2D eigenvalue weighted by atomic mass is 32.2. The van der Waals surface area contributed by atoms with E-state index < -0.39 is 11.1 Å². The lowest BCUT2D eigenvalue weighted by molar-refractivity contribution is -0.115. The van der Waals surface area contributed by atoms with Gasteiger partial charge in [-0.05, 0) is 43.3 Å². The van der Waals surface area contributed by atoms with Crippen molar-refractivity contribution in [2.24, 2.45) is 0 Å². The number of carbonyl (C=O) groups is 1. The molecule has 0 aliphatic heterocycles. The minimum absolute atomic E-state index is 0.00514. The molecule has 1 heterocycles. The fraction of sp³-hybridized carbons (Fsp3) is 0.160. The van der Waals surface area contributed by atoms with E-state index in [1.54, 1.807) is 48.9 Å². The zero-order valence-electron chi connectivity index (χ0n) is 18.6. The molecule has 0 saturated carbocycles. The maximum absolute atomic E-state index is 14.0. The molecule has 4 aromatic rings. The van der Waals surface area contributed by atoms with Crippen LogP contribution in [-0.4, -0.2) is 33.0 Å². The van der Waals surface area contributed by atoms with Crippen molar-refractivity contribution in [2.75, 3.05) is 12.4 Å². The first-order chi connectivity index (χ1) is 16.6. The molecule has 7 nitrogen and oxygen atoms in total. The van der Waals surface area contributed by atoms with Crippen molar-refractivity contribution in [3.8, 4) is 17.2 Å². The average molecular weight is 479 g/mol. The second-order valence-electron chi connectivity index (χ2n) is 7.24. The van der Waals surface area contributed by atoms with E-state index in [0.29, 0.717) is 22.4 Å². The number of benzene rings is 3. The van der Waals surface area contributed by atoms with Crippen LogP contribution in [0.1, 0.15) is 12.7 Å². The third-order valence-electron chi connectivity index (χ3n) is 4.92. The number of anilines is 1. The van der Waals surface area contributed by atoms with Crippen molar-refractivity contribution in [3.63, 3.8) is 0 Å². The summed E-state index contributed by atoms with van der Waals surface area (Å²) in [5.41, 5.74) is 1.39. The Morgan fingerprint density at radius 2 is 1.68 bits per heavy atom. The summed E-state index contributed by atoms with van der Waals surface area (Å²) in [6, 6.07) is 22.9. The molecule has 0 saturated heterocycles. The summed E-state index contributed by atoms with van der Waals surface area (Å²) in [6.45, 7) is 1.79. The van der Waals surface area contributed by atoms with E-state index in [1.807, 2.05) is 42.5 Å². The van der Waals surface area contributed by atoms with Crippen LogP contribution < -0.4 is 14.8 Å². The summed E-state index contributed by atoms with van der Waals surface area (Å²) < 4.78 is 26.8. The van der Waals surface area contributed by atoms with Crippen LogP contribution in [0, 0.1) is 5.82 Å². The van der Waals surface area contributed by atoms with Gasteiger partial charge in [-0.3, -0.25) is 9.36 Å². The van der Waals surface area contributed by atoms with Crippen LogP contribution in [-0.2, 0) is 11.4 Å². The largest absolute Gasteiger partial charge is 0.495 e. The van der Waals surface area contributed by atoms with Gasteiger partial charge in [0.05, 0.1) is 18.0 Å². The van der Waals surface area contributed by atoms with Gasteiger partial charge in [0, 0.05) is 5.69 Å². The second-order valence-corrected chi connectivity index (χ2v) is 8.55. The van der Waals surface area contributed by atoms with Gasteiger partial charge >= 0.3 is 0 Å². The van der Waals surface area contributed by atoms with E-state index in [4.69, 9.17) is 9.47 Å². The molecule has 0 aliphatic carbocycles. The first kappa shape index (κ1) is 23.3. The van der Waals surface area contributed by atoms with Crippen LogP contribution in [0.15, 0.2) is 84.0 Å². The summed E-state index contributed by atoms with van der Waals surface area (Å²) in [6.07, 6.45) is 0. The van der Waals surface area contributed by atoms with Crippen molar-refractivity contribution >= 4 is 23.4 Å². The number of para-hydroxylation sites is 4. The Morgan fingerprint density at radius 1 is 1.00 bits per heavy atom. The van der Waals surface area contributed by atoms with Crippen LogP contribution in [0.4, 0.5) is 10.1 Å². The summed E-state index contributed by atoms with van der Waals surface area (Å²) >= 11 is 1.26. The molecule has 0 bridgehead atoms. The Kier molecular flexibility index (Phi) is 7.44. The van der Waals surface area contributed by atoms with Gasteiger partial charge in [0.15, 0.2) is 22.5 Å². The summed E-state index contributed by atoms with van der Waals surface area (Å²) in [4.78, 5) is 12.9. The van der Waals surface area contributed by atoms with Crippen LogP contribution >= 0.6 is 11.8 Å². The number of halogens is 1. The zero-order valence-corrected chi connectivity index (χ0v) is 19.5. The second kappa shape index (κ2) is 10.8. The van der Waals surface area contributed by atoms with Gasteiger partial charge in [0.1, 0.15) is 12.4 Å². The van der Waals surface area contributed by atoms with E-state index in [0.717, 1.165) is 5.69 Å². The van der Waals surface area contributed by atoms with Crippen molar-refractivity contribution in [1.29, 1.82) is 0 Å². The number of aromatic nitrogens is 3. The number of nitrogens with zero attached hydrogens (tertiary/aromatic N) is 3. The van der Waals surface area contributed by atoms with Crippen LogP contribution in [0.5, 0.6) is 11.5 Å². The Bertz CT molecular complexity index is 1270. The third kappa shape index (κ3) is 5.37. The van der Waals surface area contributed by atoms with Gasteiger partial charge in [-0.1, -0.05) is 54.2 Å². The third-order valence-corrected chi connectivity index (χ3v) is 5.97. The predicted molar refractivity (Wildman–Crippen MR) is 129 cm³/mol. The molecular weight excluding hydrogens is 455 g/mol. The fourth-order valence-corrected chi connectivity index (χ4v) is 4.09. The number of thioether (sulfide) groups is 1. The van der Waals surface area contributed by atoms with Crippen molar-refractivity contribution < 1.29 is 18.7 Å². The number of methoxy groups -OCH3 is 1. The number of carbonyl (C=O) groups excluding carboxylic acids is 1. The Labute approximate surface area is 200 Å². The molecule has 1 unspecified atom stereocenters. The van der Waals surface area contributed by atoms with Gasteiger partial charge in [-0.15, -0.1) is 10.2 Å². The van der Waals surface area contributed by atoms with Crippen LogP contribution in [0.25, 0.3) is 5.69 Å². The Hall–Kier alpha value is -3.85. The standard InChI is InChI=1S/C25H23FN4O3S/c1-17(24(31)27-20-13-7-9-15-22(20)32-2)34-25-29-28-23(30(25)18-10-4-3-5-11-18)16-33-21-14-8-6-12-19(21)26/h3-15,17H,16H2,1-2H3,(H,27,31). The van der Waals surface area contributed by atoms with Crippen LogP contribution in [0.2, 0.25) is 0 Å². The number of ether oxygens (including phenoxy) is 2. The molecule has 0 spiro atoms. The van der Waals surface area contributed by atoms with Gasteiger partial charge in [0.25, 0.3) is 0 Å². The predicted octanol–water partition coefficient (Wildman–Crippen LogP) is 5.11. The molecule has 1 amide bonds. The smallest absolute Gasteiger partial charge is 0.237 e. The molecule has 3 aromatic carbocycles. The molecule has 1 N–H and O–H groups in total. The quantitative estimate of drug-likeness (QED) is 0.337. The molecule has 4 rings (SSSR count). The SMILES string of the molecule is COc1ccccc1NC(=O)C(C)Sc1nnc(COc2ccccc2F)n1-c1ccccc1. The highest BCUT2D eigenvalue weighted by molar-refractivity contribution is 8.00. The van der Waals surface area contributed by atoms with Gasteiger partial charge in [0.2, 0.25) is 5.91 Å². The topological polar surface area (TPSA) is 78.3 Å². The van der Waals surface area contributed by atoms with Gasteiger partial charge < -0.3 is 14.8 Å². The molecule has 0 aliphatic rings. The zero-order chi connectivity index (χ0) is 23.9. The molecule has 0 fully saturated rings. The number of hydrogen-bond acceptors (Lipinski definition) is 6. The first-order valence-corrected chi connectivity index (χ1v) is 11.4. The fourth-order valence-electron chi connectivity index (χ4n) is 3.20. The van der Waals surface area contributed by atoms with Crippen molar-refractivity contribution in [3.05, 3.63) is 90.5 Å². The monoisotopic (exact) mass is 478 g/mol. The lowest BCUT2D eigenvalue weighted by Crippen LogP contribution is -2.23. The molecule has 1 atom stereocenters. The van der Waals surface area contributed by atoms with Gasteiger partial charge in [-0.25, -0.2) is 4.39 Å². The molecule has 34 heavy (non-hydrogen) atoms. The highest BCUT2D eigenvalue weighted by Crippen LogP contribution is 2.29. The molecule has 0 radical (unpaired) electrons. The summed E-state index contributed by atoms with van der Waals surface area (Å²) in [5, 5.41) is 11.5. The average Bonchev–Trinajstić information content (AvgIpc) is 3.26. The first-order valence-electron chi connectivity index (χ1n) is 10.5. The van der Waals surface area contributed by atoms with E-state index in [9.17, 15) is 9.18 Å². The van der Waals surface area contributed by atoms with Crippen molar-refractivity contribution in [1.82, 2.24) is 14.8 Å². The molecule has 9 heteroatoms. The van der Waals surface area contributed by atoms with Gasteiger partial charge in [-0.2, -0.15) is 0 Å². The van der Waals surface area contributed by atoms with E-state index in [2.05, 4.69) is 15.5 Å².